The third-order valence-electron chi connectivity index (χ3n) is 3.60. The number of amides is 1. The van der Waals surface area contributed by atoms with Gasteiger partial charge in [-0.25, -0.2) is 0 Å². The minimum atomic E-state index is -0.799. The molecule has 1 fully saturated rings. The van der Waals surface area contributed by atoms with E-state index in [1.165, 1.54) is 0 Å². The van der Waals surface area contributed by atoms with Gasteiger partial charge in [0, 0.05) is 6.20 Å². The number of carbonyl (C=O) groups is 1. The van der Waals surface area contributed by atoms with Crippen molar-refractivity contribution in [1.29, 1.82) is 0 Å². The van der Waals surface area contributed by atoms with Gasteiger partial charge in [0.25, 0.3) is 0 Å². The van der Waals surface area contributed by atoms with Crippen LogP contribution in [0.4, 0.5) is 0 Å². The summed E-state index contributed by atoms with van der Waals surface area (Å²) in [4.78, 5) is 15.7. The Kier molecular flexibility index (Phi) is 5.35. The Morgan fingerprint density at radius 3 is 2.90 bits per heavy atom. The molecule has 0 aromatic carbocycles. The van der Waals surface area contributed by atoms with Gasteiger partial charge in [0.2, 0.25) is 5.91 Å². The number of nitrogens with zero attached hydrogens (tertiary/aromatic N) is 1. The van der Waals surface area contributed by atoms with E-state index < -0.39 is 5.60 Å². The highest BCUT2D eigenvalue weighted by atomic mass is 16.5. The van der Waals surface area contributed by atoms with E-state index in [4.69, 9.17) is 4.74 Å². The van der Waals surface area contributed by atoms with Crippen LogP contribution in [0.25, 0.3) is 0 Å². The molecule has 1 amide bonds. The van der Waals surface area contributed by atoms with Crippen molar-refractivity contribution in [3.8, 4) is 5.75 Å². The Morgan fingerprint density at radius 1 is 1.40 bits per heavy atom. The fourth-order valence-electron chi connectivity index (χ4n) is 2.54. The van der Waals surface area contributed by atoms with E-state index >= 15 is 0 Å². The number of rotatable bonds is 6. The van der Waals surface area contributed by atoms with Crippen molar-refractivity contribution < 1.29 is 14.6 Å². The topological polar surface area (TPSA) is 71.5 Å². The van der Waals surface area contributed by atoms with Gasteiger partial charge in [0.1, 0.15) is 12.4 Å². The van der Waals surface area contributed by atoms with Crippen LogP contribution in [-0.4, -0.2) is 34.8 Å². The van der Waals surface area contributed by atoms with Crippen LogP contribution in [0.3, 0.4) is 0 Å². The highest BCUT2D eigenvalue weighted by Crippen LogP contribution is 2.30. The minimum Gasteiger partial charge on any atom is -0.490 e. The minimum absolute atomic E-state index is 0.107. The second-order valence-electron chi connectivity index (χ2n) is 5.35. The molecule has 20 heavy (non-hydrogen) atoms. The lowest BCUT2D eigenvalue weighted by molar-refractivity contribution is -0.127. The lowest BCUT2D eigenvalue weighted by Gasteiger charge is -2.31. The molecule has 5 heteroatoms. The Hall–Kier alpha value is -1.62. The molecule has 5 nitrogen and oxygen atoms in total. The predicted octanol–water partition coefficient (Wildman–Crippen LogP) is 1.66. The molecule has 0 radical (unpaired) electrons. The highest BCUT2D eigenvalue weighted by molar-refractivity contribution is 5.77. The van der Waals surface area contributed by atoms with Gasteiger partial charge in [-0.2, -0.15) is 0 Å². The molecule has 2 N–H and O–H groups in total. The van der Waals surface area contributed by atoms with Gasteiger partial charge in [-0.1, -0.05) is 19.3 Å². The molecular formula is C15H22N2O3. The number of pyridine rings is 1. The Bertz CT molecular complexity index is 416. The quantitative estimate of drug-likeness (QED) is 0.776. The van der Waals surface area contributed by atoms with Gasteiger partial charge >= 0.3 is 0 Å². The van der Waals surface area contributed by atoms with E-state index in [1.807, 2.05) is 6.07 Å². The van der Waals surface area contributed by atoms with Crippen LogP contribution in [-0.2, 0) is 4.79 Å². The monoisotopic (exact) mass is 278 g/mol. The van der Waals surface area contributed by atoms with Crippen LogP contribution in [0.1, 0.15) is 38.5 Å². The average molecular weight is 278 g/mol. The van der Waals surface area contributed by atoms with Crippen LogP contribution >= 0.6 is 0 Å². The standard InChI is InChI=1S/C15H22N2O3/c18-14(11-15(19)6-2-1-3-7-15)17-9-10-20-13-5-4-8-16-12-13/h4-5,8,12,19H,1-3,6-7,9-11H2,(H,17,18). The van der Waals surface area contributed by atoms with Crippen LogP contribution < -0.4 is 10.1 Å². The van der Waals surface area contributed by atoms with Crippen LogP contribution in [0.15, 0.2) is 24.5 Å². The summed E-state index contributed by atoms with van der Waals surface area (Å²) in [6, 6.07) is 3.62. The lowest BCUT2D eigenvalue weighted by Crippen LogP contribution is -2.39. The molecule has 1 aliphatic carbocycles. The second-order valence-corrected chi connectivity index (χ2v) is 5.35. The van der Waals surface area contributed by atoms with E-state index in [2.05, 4.69) is 10.3 Å². The number of carbonyl (C=O) groups excluding carboxylic acids is 1. The fourth-order valence-corrected chi connectivity index (χ4v) is 2.54. The number of aliphatic hydroxyl groups is 1. The normalized spacial score (nSPS) is 17.4. The van der Waals surface area contributed by atoms with Gasteiger partial charge in [0.15, 0.2) is 0 Å². The van der Waals surface area contributed by atoms with Crippen molar-refractivity contribution >= 4 is 5.91 Å². The van der Waals surface area contributed by atoms with E-state index in [9.17, 15) is 9.90 Å². The smallest absolute Gasteiger partial charge is 0.223 e. The third kappa shape index (κ3) is 4.81. The van der Waals surface area contributed by atoms with Crippen molar-refractivity contribution in [1.82, 2.24) is 10.3 Å². The Balaban J connectivity index is 1.63. The van der Waals surface area contributed by atoms with Gasteiger partial charge in [0.05, 0.1) is 24.8 Å². The predicted molar refractivity (Wildman–Crippen MR) is 75.4 cm³/mol. The molecule has 0 saturated heterocycles. The fraction of sp³-hybridized carbons (Fsp3) is 0.600. The van der Waals surface area contributed by atoms with Crippen LogP contribution in [0, 0.1) is 0 Å². The van der Waals surface area contributed by atoms with Crippen molar-refractivity contribution in [3.63, 3.8) is 0 Å². The molecule has 0 aliphatic heterocycles. The molecule has 1 aromatic rings. The first-order chi connectivity index (χ1) is 9.68. The van der Waals surface area contributed by atoms with Crippen molar-refractivity contribution in [2.24, 2.45) is 0 Å². The highest BCUT2D eigenvalue weighted by Gasteiger charge is 2.31. The van der Waals surface area contributed by atoms with E-state index in [0.717, 1.165) is 32.1 Å². The van der Waals surface area contributed by atoms with Gasteiger partial charge in [-0.15, -0.1) is 0 Å². The van der Waals surface area contributed by atoms with Crippen molar-refractivity contribution in [2.45, 2.75) is 44.1 Å². The first-order valence-corrected chi connectivity index (χ1v) is 7.20. The summed E-state index contributed by atoms with van der Waals surface area (Å²) in [6.45, 7) is 0.833. The summed E-state index contributed by atoms with van der Waals surface area (Å²) in [5, 5.41) is 13.1. The molecule has 0 spiro atoms. The number of hydrogen-bond donors (Lipinski definition) is 2. The first-order valence-electron chi connectivity index (χ1n) is 7.20. The summed E-state index contributed by atoms with van der Waals surface area (Å²) in [5.74, 6) is 0.580. The van der Waals surface area contributed by atoms with Crippen LogP contribution in [0.2, 0.25) is 0 Å². The molecule has 1 saturated carbocycles. The van der Waals surface area contributed by atoms with E-state index in [1.54, 1.807) is 18.5 Å². The number of hydrogen-bond acceptors (Lipinski definition) is 4. The second kappa shape index (κ2) is 7.24. The maximum absolute atomic E-state index is 11.8. The first kappa shape index (κ1) is 14.8. The van der Waals surface area contributed by atoms with Gasteiger partial charge in [-0.05, 0) is 25.0 Å². The SMILES string of the molecule is O=C(CC1(O)CCCCC1)NCCOc1cccnc1. The summed E-state index contributed by atoms with van der Waals surface area (Å²) in [5.41, 5.74) is -0.799. The van der Waals surface area contributed by atoms with E-state index in [-0.39, 0.29) is 12.3 Å². The summed E-state index contributed by atoms with van der Waals surface area (Å²) >= 11 is 0. The average Bonchev–Trinajstić information content (AvgIpc) is 2.45. The van der Waals surface area contributed by atoms with Crippen LogP contribution in [0.5, 0.6) is 5.75 Å². The summed E-state index contributed by atoms with van der Waals surface area (Å²) in [7, 11) is 0. The maximum Gasteiger partial charge on any atom is 0.223 e. The molecule has 110 valence electrons. The Morgan fingerprint density at radius 2 is 2.20 bits per heavy atom. The third-order valence-corrected chi connectivity index (χ3v) is 3.60. The number of ether oxygens (including phenoxy) is 1. The lowest BCUT2D eigenvalue weighted by atomic mass is 9.82. The van der Waals surface area contributed by atoms with Crippen molar-refractivity contribution in [3.05, 3.63) is 24.5 Å². The number of aromatic nitrogens is 1. The molecule has 0 atom stereocenters. The molecule has 1 aromatic heterocycles. The molecule has 0 unspecified atom stereocenters. The molecule has 2 rings (SSSR count). The maximum atomic E-state index is 11.8. The van der Waals surface area contributed by atoms with E-state index in [0.29, 0.717) is 18.9 Å². The zero-order chi connectivity index (χ0) is 14.3. The largest absolute Gasteiger partial charge is 0.490 e. The molecule has 0 bridgehead atoms. The molecular weight excluding hydrogens is 256 g/mol. The number of nitrogens with one attached hydrogen (secondary N) is 1. The summed E-state index contributed by atoms with van der Waals surface area (Å²) < 4.78 is 5.43. The van der Waals surface area contributed by atoms with Gasteiger partial charge in [-0.3, -0.25) is 9.78 Å². The zero-order valence-electron chi connectivity index (χ0n) is 11.7. The zero-order valence-corrected chi connectivity index (χ0v) is 11.7. The summed E-state index contributed by atoms with van der Waals surface area (Å²) in [6.07, 6.45) is 8.13. The van der Waals surface area contributed by atoms with Gasteiger partial charge < -0.3 is 15.2 Å². The van der Waals surface area contributed by atoms with Crippen molar-refractivity contribution in [2.75, 3.05) is 13.2 Å². The molecule has 1 heterocycles. The molecule has 1 aliphatic rings. The Labute approximate surface area is 119 Å².